The van der Waals surface area contributed by atoms with Gasteiger partial charge >= 0.3 is 5.97 Å². The van der Waals surface area contributed by atoms with Crippen LogP contribution in [-0.2, 0) is 14.3 Å². The van der Waals surface area contributed by atoms with Gasteiger partial charge in [0.05, 0.1) is 24.0 Å². The maximum atomic E-state index is 12.4. The van der Waals surface area contributed by atoms with Crippen LogP contribution in [-0.4, -0.2) is 53.4 Å². The molecule has 0 aliphatic carbocycles. The number of amidine groups is 1. The number of piperidine rings is 1. The zero-order valence-electron chi connectivity index (χ0n) is 16.0. The van der Waals surface area contributed by atoms with E-state index in [0.29, 0.717) is 35.6 Å². The Hall–Kier alpha value is -2.48. The first-order valence-electron chi connectivity index (χ1n) is 9.41. The molecule has 0 saturated carbocycles. The lowest BCUT2D eigenvalue weighted by Crippen LogP contribution is -2.41. The topological polar surface area (TPSA) is 88.4 Å². The molecule has 1 aromatic rings. The first-order valence-corrected chi connectivity index (χ1v) is 10.2. The first-order chi connectivity index (χ1) is 13.5. The van der Waals surface area contributed by atoms with Gasteiger partial charge in [-0.05, 0) is 62.2 Å². The van der Waals surface area contributed by atoms with E-state index in [1.54, 1.807) is 25.1 Å². The third kappa shape index (κ3) is 4.67. The van der Waals surface area contributed by atoms with E-state index in [1.165, 1.54) is 17.8 Å². The minimum Gasteiger partial charge on any atom is -0.504 e. The SMILES string of the molecule is CCOC(=O)[C@@H]1CCCN(C2=NC(=O)/C(=C/c3ccc(O)c(OCC)c3)S2)C1. The van der Waals surface area contributed by atoms with Crippen molar-refractivity contribution in [1.29, 1.82) is 0 Å². The summed E-state index contributed by atoms with van der Waals surface area (Å²) in [6, 6.07) is 4.95. The van der Waals surface area contributed by atoms with Crippen LogP contribution in [0.4, 0.5) is 0 Å². The van der Waals surface area contributed by atoms with Gasteiger partial charge in [-0.3, -0.25) is 9.59 Å². The van der Waals surface area contributed by atoms with Gasteiger partial charge in [-0.2, -0.15) is 4.99 Å². The van der Waals surface area contributed by atoms with Crippen molar-refractivity contribution in [3.05, 3.63) is 28.7 Å². The third-order valence-corrected chi connectivity index (χ3v) is 5.55. The number of amides is 1. The minimum absolute atomic E-state index is 0.0599. The lowest BCUT2D eigenvalue weighted by Gasteiger charge is -2.32. The Morgan fingerprint density at radius 1 is 1.39 bits per heavy atom. The molecule has 1 N–H and O–H groups in total. The number of hydrogen-bond donors (Lipinski definition) is 1. The molecule has 1 atom stereocenters. The predicted molar refractivity (Wildman–Crippen MR) is 108 cm³/mol. The van der Waals surface area contributed by atoms with Crippen LogP contribution < -0.4 is 4.74 Å². The number of phenols is 1. The van der Waals surface area contributed by atoms with Gasteiger partial charge in [0.15, 0.2) is 16.7 Å². The Labute approximate surface area is 168 Å². The van der Waals surface area contributed by atoms with E-state index < -0.39 is 0 Å². The third-order valence-electron chi connectivity index (χ3n) is 4.50. The fourth-order valence-electron chi connectivity index (χ4n) is 3.18. The van der Waals surface area contributed by atoms with Crippen molar-refractivity contribution < 1.29 is 24.2 Å². The number of benzene rings is 1. The Balaban J connectivity index is 1.70. The molecule has 3 rings (SSSR count). The van der Waals surface area contributed by atoms with Gasteiger partial charge in [-0.15, -0.1) is 0 Å². The molecular weight excluding hydrogens is 380 g/mol. The summed E-state index contributed by atoms with van der Waals surface area (Å²) in [6.07, 6.45) is 3.38. The Morgan fingerprint density at radius 2 is 2.21 bits per heavy atom. The number of likely N-dealkylation sites (tertiary alicyclic amines) is 1. The summed E-state index contributed by atoms with van der Waals surface area (Å²) in [5.41, 5.74) is 0.747. The highest BCUT2D eigenvalue weighted by Gasteiger charge is 2.32. The van der Waals surface area contributed by atoms with E-state index in [2.05, 4.69) is 4.99 Å². The second-order valence-electron chi connectivity index (χ2n) is 6.51. The second kappa shape index (κ2) is 9.14. The number of phenolic OH excluding ortho intramolecular Hbond substituents is 1. The summed E-state index contributed by atoms with van der Waals surface area (Å²) in [6.45, 7) is 5.71. The van der Waals surface area contributed by atoms with E-state index in [4.69, 9.17) is 9.47 Å². The summed E-state index contributed by atoms with van der Waals surface area (Å²) in [5, 5.41) is 10.4. The van der Waals surface area contributed by atoms with Crippen molar-refractivity contribution in [2.75, 3.05) is 26.3 Å². The average Bonchev–Trinajstić information content (AvgIpc) is 3.05. The van der Waals surface area contributed by atoms with Crippen LogP contribution in [0.1, 0.15) is 32.3 Å². The van der Waals surface area contributed by atoms with Crippen molar-refractivity contribution in [3.63, 3.8) is 0 Å². The zero-order valence-corrected chi connectivity index (χ0v) is 16.8. The van der Waals surface area contributed by atoms with E-state index in [1.807, 2.05) is 11.8 Å². The van der Waals surface area contributed by atoms with E-state index in [9.17, 15) is 14.7 Å². The Kier molecular flexibility index (Phi) is 6.61. The largest absolute Gasteiger partial charge is 0.504 e. The van der Waals surface area contributed by atoms with Gasteiger partial charge < -0.3 is 19.5 Å². The van der Waals surface area contributed by atoms with Gasteiger partial charge in [-0.25, -0.2) is 0 Å². The summed E-state index contributed by atoms with van der Waals surface area (Å²) in [5.74, 6) is -0.243. The maximum Gasteiger partial charge on any atom is 0.310 e. The van der Waals surface area contributed by atoms with Crippen LogP contribution in [0.5, 0.6) is 11.5 Å². The Morgan fingerprint density at radius 3 is 2.96 bits per heavy atom. The number of ether oxygens (including phenoxy) is 2. The van der Waals surface area contributed by atoms with Crippen LogP contribution in [0.2, 0.25) is 0 Å². The van der Waals surface area contributed by atoms with Crippen molar-refractivity contribution >= 4 is 34.9 Å². The van der Waals surface area contributed by atoms with Gasteiger partial charge in [0.1, 0.15) is 0 Å². The summed E-state index contributed by atoms with van der Waals surface area (Å²) in [4.78, 5) is 31.0. The van der Waals surface area contributed by atoms with E-state index in [0.717, 1.165) is 24.9 Å². The molecule has 0 radical (unpaired) electrons. The Bertz CT molecular complexity index is 821. The maximum absolute atomic E-state index is 12.4. The summed E-state index contributed by atoms with van der Waals surface area (Å²) in [7, 11) is 0. The molecule has 0 aromatic heterocycles. The first kappa shape index (κ1) is 20.3. The molecule has 1 saturated heterocycles. The quantitative estimate of drug-likeness (QED) is 0.596. The molecule has 0 unspecified atom stereocenters. The number of carbonyl (C=O) groups is 2. The molecule has 8 heteroatoms. The van der Waals surface area contributed by atoms with Crippen LogP contribution in [0.3, 0.4) is 0 Å². The zero-order chi connectivity index (χ0) is 20.1. The average molecular weight is 404 g/mol. The smallest absolute Gasteiger partial charge is 0.310 e. The molecule has 0 spiro atoms. The molecule has 2 aliphatic rings. The molecule has 150 valence electrons. The standard InChI is InChI=1S/C20H24N2O5S/c1-3-26-16-10-13(7-8-15(16)23)11-17-18(24)21-20(28-17)22-9-5-6-14(12-22)19(25)27-4-2/h7-8,10-11,14,23H,3-6,9,12H2,1-2H3/b17-11-/t14-/m1/s1. The summed E-state index contributed by atoms with van der Waals surface area (Å²) < 4.78 is 10.5. The van der Waals surface area contributed by atoms with Gasteiger partial charge in [0.2, 0.25) is 0 Å². The number of rotatable bonds is 5. The molecule has 7 nitrogen and oxygen atoms in total. The highest BCUT2D eigenvalue weighted by atomic mass is 32.2. The van der Waals surface area contributed by atoms with Gasteiger partial charge in [0.25, 0.3) is 5.91 Å². The molecule has 2 heterocycles. The van der Waals surface area contributed by atoms with Crippen molar-refractivity contribution in [2.24, 2.45) is 10.9 Å². The number of esters is 1. The van der Waals surface area contributed by atoms with Crippen molar-refractivity contribution in [3.8, 4) is 11.5 Å². The molecule has 1 fully saturated rings. The van der Waals surface area contributed by atoms with E-state index >= 15 is 0 Å². The van der Waals surface area contributed by atoms with Crippen LogP contribution >= 0.6 is 11.8 Å². The van der Waals surface area contributed by atoms with E-state index in [-0.39, 0.29) is 23.5 Å². The normalized spacial score (nSPS) is 21.0. The number of thioether (sulfide) groups is 1. The lowest BCUT2D eigenvalue weighted by molar-refractivity contribution is -0.149. The molecule has 28 heavy (non-hydrogen) atoms. The van der Waals surface area contributed by atoms with Crippen LogP contribution in [0.15, 0.2) is 28.1 Å². The molecule has 0 bridgehead atoms. The number of carbonyl (C=O) groups excluding carboxylic acids is 2. The number of aliphatic imine (C=N–C) groups is 1. The van der Waals surface area contributed by atoms with Crippen molar-refractivity contribution in [2.45, 2.75) is 26.7 Å². The molecule has 1 amide bonds. The van der Waals surface area contributed by atoms with Crippen LogP contribution in [0, 0.1) is 5.92 Å². The van der Waals surface area contributed by atoms with Crippen molar-refractivity contribution in [1.82, 2.24) is 4.90 Å². The molecule has 1 aromatic carbocycles. The second-order valence-corrected chi connectivity index (χ2v) is 7.52. The highest BCUT2D eigenvalue weighted by Crippen LogP contribution is 2.34. The lowest BCUT2D eigenvalue weighted by atomic mass is 9.99. The molecular formula is C20H24N2O5S. The number of nitrogens with zero attached hydrogens (tertiary/aromatic N) is 2. The van der Waals surface area contributed by atoms with Gasteiger partial charge in [0, 0.05) is 13.1 Å². The number of aromatic hydroxyl groups is 1. The highest BCUT2D eigenvalue weighted by molar-refractivity contribution is 8.18. The van der Waals surface area contributed by atoms with Crippen LogP contribution in [0.25, 0.3) is 6.08 Å². The van der Waals surface area contributed by atoms with Gasteiger partial charge in [-0.1, -0.05) is 6.07 Å². The fraction of sp³-hybridized carbons (Fsp3) is 0.450. The molecule has 2 aliphatic heterocycles. The predicted octanol–water partition coefficient (Wildman–Crippen LogP) is 3.04. The summed E-state index contributed by atoms with van der Waals surface area (Å²) >= 11 is 1.30. The monoisotopic (exact) mass is 404 g/mol. The fourth-order valence-corrected chi connectivity index (χ4v) is 4.13. The number of hydrogen-bond acceptors (Lipinski definition) is 7. The minimum atomic E-state index is -0.302.